The second kappa shape index (κ2) is 4.63. The zero-order valence-electron chi connectivity index (χ0n) is 9.73. The van der Waals surface area contributed by atoms with Gasteiger partial charge in [-0.25, -0.2) is 4.39 Å². The maximum Gasteiger partial charge on any atom is 0.141 e. The van der Waals surface area contributed by atoms with E-state index in [0.717, 1.165) is 5.56 Å². The first-order valence-electron chi connectivity index (χ1n) is 5.62. The predicted molar refractivity (Wildman–Crippen MR) is 65.9 cm³/mol. The van der Waals surface area contributed by atoms with E-state index >= 15 is 0 Å². The van der Waals surface area contributed by atoms with Gasteiger partial charge in [0, 0.05) is 6.20 Å². The van der Waals surface area contributed by atoms with E-state index in [1.165, 1.54) is 12.3 Å². The van der Waals surface area contributed by atoms with Crippen molar-refractivity contribution in [1.29, 1.82) is 0 Å². The molecule has 3 heteroatoms. The van der Waals surface area contributed by atoms with Crippen LogP contribution in [0.4, 0.5) is 4.39 Å². The minimum absolute atomic E-state index is 0.360. The average Bonchev–Trinajstić information content (AvgIpc) is 2.39. The van der Waals surface area contributed by atoms with E-state index in [1.54, 1.807) is 6.20 Å². The highest BCUT2D eigenvalue weighted by atomic mass is 19.1. The number of nitrogens with two attached hydrogens (primary N) is 1. The van der Waals surface area contributed by atoms with Crippen LogP contribution in [-0.2, 0) is 5.54 Å². The van der Waals surface area contributed by atoms with Crippen LogP contribution >= 0.6 is 0 Å². The van der Waals surface area contributed by atoms with Crippen molar-refractivity contribution in [3.63, 3.8) is 0 Å². The summed E-state index contributed by atoms with van der Waals surface area (Å²) in [6, 6.07) is 11.1. The van der Waals surface area contributed by atoms with Gasteiger partial charge in [-0.15, -0.1) is 0 Å². The summed E-state index contributed by atoms with van der Waals surface area (Å²) in [5.41, 5.74) is 7.39. The van der Waals surface area contributed by atoms with Crippen LogP contribution in [0.1, 0.15) is 24.5 Å². The smallest absolute Gasteiger partial charge is 0.141 e. The van der Waals surface area contributed by atoms with E-state index in [4.69, 9.17) is 5.73 Å². The minimum Gasteiger partial charge on any atom is -0.318 e. The van der Waals surface area contributed by atoms with E-state index in [0.29, 0.717) is 12.0 Å². The number of nitrogens with zero attached hydrogens (tertiary/aromatic N) is 1. The third-order valence-electron chi connectivity index (χ3n) is 3.07. The van der Waals surface area contributed by atoms with Crippen molar-refractivity contribution in [2.45, 2.75) is 18.9 Å². The second-order valence-electron chi connectivity index (χ2n) is 4.08. The number of pyridine rings is 1. The molecule has 1 heterocycles. The molecule has 2 N–H and O–H groups in total. The third-order valence-corrected chi connectivity index (χ3v) is 3.07. The quantitative estimate of drug-likeness (QED) is 0.880. The second-order valence-corrected chi connectivity index (χ2v) is 4.08. The standard InChI is InChI=1S/C14H15FN2/c1-2-14(16,11-6-4-3-5-7-11)12-8-13(15)10-17-9-12/h3-10H,2,16H2,1H3. The van der Waals surface area contributed by atoms with Gasteiger partial charge in [-0.05, 0) is 23.6 Å². The van der Waals surface area contributed by atoms with Gasteiger partial charge in [-0.1, -0.05) is 37.3 Å². The van der Waals surface area contributed by atoms with Crippen LogP contribution in [0.3, 0.4) is 0 Å². The molecule has 0 aliphatic heterocycles. The van der Waals surface area contributed by atoms with Gasteiger partial charge in [-0.2, -0.15) is 0 Å². The van der Waals surface area contributed by atoms with E-state index in [1.807, 2.05) is 37.3 Å². The molecule has 0 radical (unpaired) electrons. The molecule has 0 amide bonds. The van der Waals surface area contributed by atoms with Gasteiger partial charge < -0.3 is 5.73 Å². The predicted octanol–water partition coefficient (Wildman–Crippen LogP) is 2.83. The molecule has 88 valence electrons. The Kier molecular flexibility index (Phi) is 3.20. The van der Waals surface area contributed by atoms with Gasteiger partial charge in [0.2, 0.25) is 0 Å². The Morgan fingerprint density at radius 2 is 1.88 bits per heavy atom. The van der Waals surface area contributed by atoms with Crippen LogP contribution in [0.5, 0.6) is 0 Å². The Balaban J connectivity index is 2.52. The first-order valence-corrected chi connectivity index (χ1v) is 5.62. The molecule has 0 saturated carbocycles. The van der Waals surface area contributed by atoms with Crippen LogP contribution in [0.15, 0.2) is 48.8 Å². The van der Waals surface area contributed by atoms with Gasteiger partial charge in [0.15, 0.2) is 0 Å². The molecule has 0 saturated heterocycles. The zero-order chi connectivity index (χ0) is 12.3. The molecule has 0 bridgehead atoms. The minimum atomic E-state index is -0.684. The maximum absolute atomic E-state index is 13.2. The van der Waals surface area contributed by atoms with E-state index < -0.39 is 5.54 Å². The summed E-state index contributed by atoms with van der Waals surface area (Å²) in [7, 11) is 0. The topological polar surface area (TPSA) is 38.9 Å². The van der Waals surface area contributed by atoms with Gasteiger partial charge in [0.1, 0.15) is 5.82 Å². The monoisotopic (exact) mass is 230 g/mol. The summed E-state index contributed by atoms with van der Waals surface area (Å²) in [6.45, 7) is 1.98. The molecule has 1 unspecified atom stereocenters. The Labute approximate surface area is 100 Å². The summed E-state index contributed by atoms with van der Waals surface area (Å²) in [6.07, 6.45) is 3.49. The van der Waals surface area contributed by atoms with Crippen molar-refractivity contribution in [2.75, 3.05) is 0 Å². The first-order chi connectivity index (χ1) is 8.16. The van der Waals surface area contributed by atoms with Crippen molar-refractivity contribution in [1.82, 2.24) is 4.98 Å². The van der Waals surface area contributed by atoms with Crippen LogP contribution < -0.4 is 5.73 Å². The number of rotatable bonds is 3. The summed E-state index contributed by atoms with van der Waals surface area (Å²) >= 11 is 0. The Bertz CT molecular complexity index is 499. The third kappa shape index (κ3) is 2.19. The molecule has 1 atom stereocenters. The van der Waals surface area contributed by atoms with Crippen molar-refractivity contribution in [3.05, 3.63) is 65.7 Å². The molecule has 17 heavy (non-hydrogen) atoms. The highest BCUT2D eigenvalue weighted by molar-refractivity contribution is 5.36. The lowest BCUT2D eigenvalue weighted by Gasteiger charge is -2.29. The molecule has 1 aromatic carbocycles. The van der Waals surface area contributed by atoms with Crippen LogP contribution in [0, 0.1) is 5.82 Å². The lowest BCUT2D eigenvalue weighted by atomic mass is 9.82. The van der Waals surface area contributed by atoms with E-state index in [9.17, 15) is 4.39 Å². The van der Waals surface area contributed by atoms with Crippen molar-refractivity contribution >= 4 is 0 Å². The lowest BCUT2D eigenvalue weighted by Crippen LogP contribution is -2.37. The Hall–Kier alpha value is -1.74. The van der Waals surface area contributed by atoms with Crippen molar-refractivity contribution in [2.24, 2.45) is 5.73 Å². The molecule has 2 rings (SSSR count). The van der Waals surface area contributed by atoms with E-state index in [2.05, 4.69) is 4.98 Å². The molecule has 0 fully saturated rings. The largest absolute Gasteiger partial charge is 0.318 e. The van der Waals surface area contributed by atoms with Crippen molar-refractivity contribution in [3.8, 4) is 0 Å². The molecule has 0 aliphatic carbocycles. The molecular formula is C14H15FN2. The fraction of sp³-hybridized carbons (Fsp3) is 0.214. The Morgan fingerprint density at radius 1 is 1.18 bits per heavy atom. The number of hydrogen-bond donors (Lipinski definition) is 1. The van der Waals surface area contributed by atoms with Gasteiger partial charge in [-0.3, -0.25) is 4.98 Å². The highest BCUT2D eigenvalue weighted by Crippen LogP contribution is 2.29. The molecular weight excluding hydrogens is 215 g/mol. The highest BCUT2D eigenvalue weighted by Gasteiger charge is 2.27. The van der Waals surface area contributed by atoms with Gasteiger partial charge in [0.25, 0.3) is 0 Å². The molecule has 2 nitrogen and oxygen atoms in total. The lowest BCUT2D eigenvalue weighted by molar-refractivity contribution is 0.509. The number of hydrogen-bond acceptors (Lipinski definition) is 2. The number of aromatic nitrogens is 1. The zero-order valence-corrected chi connectivity index (χ0v) is 9.73. The summed E-state index contributed by atoms with van der Waals surface area (Å²) < 4.78 is 13.2. The number of benzene rings is 1. The van der Waals surface area contributed by atoms with Gasteiger partial charge in [0.05, 0.1) is 11.7 Å². The van der Waals surface area contributed by atoms with Crippen LogP contribution in [0.2, 0.25) is 0 Å². The van der Waals surface area contributed by atoms with Gasteiger partial charge >= 0.3 is 0 Å². The molecule has 2 aromatic rings. The summed E-state index contributed by atoms with van der Waals surface area (Å²) in [5, 5.41) is 0. The first kappa shape index (κ1) is 11.7. The SMILES string of the molecule is CCC(N)(c1ccccc1)c1cncc(F)c1. The van der Waals surface area contributed by atoms with Crippen LogP contribution in [-0.4, -0.2) is 4.98 Å². The number of halogens is 1. The summed E-state index contributed by atoms with van der Waals surface area (Å²) in [5.74, 6) is -0.360. The molecule has 1 aromatic heterocycles. The van der Waals surface area contributed by atoms with Crippen LogP contribution in [0.25, 0.3) is 0 Å². The van der Waals surface area contributed by atoms with Crippen molar-refractivity contribution < 1.29 is 4.39 Å². The molecule has 0 spiro atoms. The average molecular weight is 230 g/mol. The molecule has 0 aliphatic rings. The normalized spacial score (nSPS) is 14.3. The summed E-state index contributed by atoms with van der Waals surface area (Å²) in [4.78, 5) is 3.87. The van der Waals surface area contributed by atoms with E-state index in [-0.39, 0.29) is 5.82 Å². The Morgan fingerprint density at radius 3 is 2.47 bits per heavy atom. The maximum atomic E-state index is 13.2. The fourth-order valence-electron chi connectivity index (χ4n) is 1.97. The fourth-order valence-corrected chi connectivity index (χ4v) is 1.97.